The molecule has 0 saturated carbocycles. The van der Waals surface area contributed by atoms with E-state index in [2.05, 4.69) is 32.2 Å². The lowest BCUT2D eigenvalue weighted by atomic mass is 10.0. The lowest BCUT2D eigenvalue weighted by molar-refractivity contribution is 0.0981. The van der Waals surface area contributed by atoms with E-state index in [1.807, 2.05) is 36.4 Å². The summed E-state index contributed by atoms with van der Waals surface area (Å²) in [4.78, 5) is 41.1. The molecule has 2 aromatic heterocycles. The average molecular weight is 653 g/mol. The summed E-state index contributed by atoms with van der Waals surface area (Å²) in [6, 6.07) is 14.6. The Morgan fingerprint density at radius 3 is 2.54 bits per heavy atom. The SMILES string of the molecule is CN1CCC(Nc2ccc(Cc3ncc4cc(/C=C/CCC(=O)c5cncn(Cc6ccc(F)c(F)c6)c5=O)ccc4n3)cc2F)CC1. The molecule has 1 N–H and O–H groups in total. The summed E-state index contributed by atoms with van der Waals surface area (Å²) in [7, 11) is 2.10. The first kappa shape index (κ1) is 32.8. The van der Waals surface area contributed by atoms with E-state index in [4.69, 9.17) is 0 Å². The van der Waals surface area contributed by atoms with Crippen LogP contribution in [0.25, 0.3) is 17.0 Å². The van der Waals surface area contributed by atoms with Gasteiger partial charge in [-0.05, 0) is 92.5 Å². The van der Waals surface area contributed by atoms with Gasteiger partial charge in [-0.25, -0.2) is 28.1 Å². The third kappa shape index (κ3) is 8.03. The topological polar surface area (TPSA) is 93.0 Å². The number of nitrogens with zero attached hydrogens (tertiary/aromatic N) is 5. The van der Waals surface area contributed by atoms with E-state index in [-0.39, 0.29) is 36.2 Å². The number of benzene rings is 3. The smallest absolute Gasteiger partial charge is 0.264 e. The number of hydrogen-bond donors (Lipinski definition) is 1. The zero-order chi connectivity index (χ0) is 33.6. The highest BCUT2D eigenvalue weighted by atomic mass is 19.2. The molecular formula is C37H35F3N6O2. The van der Waals surface area contributed by atoms with Gasteiger partial charge < -0.3 is 10.2 Å². The quantitative estimate of drug-likeness (QED) is 0.165. The van der Waals surface area contributed by atoms with E-state index in [9.17, 15) is 22.8 Å². The highest BCUT2D eigenvalue weighted by Gasteiger charge is 2.18. The highest BCUT2D eigenvalue weighted by Crippen LogP contribution is 2.22. The van der Waals surface area contributed by atoms with Crippen LogP contribution in [0, 0.1) is 17.5 Å². The molecule has 5 aromatic rings. The molecule has 1 saturated heterocycles. The number of rotatable bonds is 11. The molecule has 0 aliphatic carbocycles. The molecule has 3 heterocycles. The van der Waals surface area contributed by atoms with E-state index in [0.29, 0.717) is 29.9 Å². The van der Waals surface area contributed by atoms with Crippen molar-refractivity contribution in [2.45, 2.75) is 44.7 Å². The number of nitrogens with one attached hydrogen (secondary N) is 1. The fourth-order valence-corrected chi connectivity index (χ4v) is 5.78. The van der Waals surface area contributed by atoms with Gasteiger partial charge in [0.05, 0.1) is 24.1 Å². The lowest BCUT2D eigenvalue weighted by Crippen LogP contribution is -2.36. The summed E-state index contributed by atoms with van der Waals surface area (Å²) >= 11 is 0. The predicted molar refractivity (Wildman–Crippen MR) is 179 cm³/mol. The number of hydrogen-bond acceptors (Lipinski definition) is 7. The first-order valence-electron chi connectivity index (χ1n) is 15.9. The third-order valence-corrected chi connectivity index (χ3v) is 8.51. The van der Waals surface area contributed by atoms with Crippen LogP contribution in [0.5, 0.6) is 0 Å². The Balaban J connectivity index is 1.03. The second kappa shape index (κ2) is 14.7. The number of Topliss-reactive ketones (excluding diaryl/α,β-unsaturated/α-hetero) is 1. The molecule has 246 valence electrons. The van der Waals surface area contributed by atoms with Gasteiger partial charge in [0, 0.05) is 36.7 Å². The molecule has 6 rings (SSSR count). The molecule has 11 heteroatoms. The van der Waals surface area contributed by atoms with Gasteiger partial charge in [-0.3, -0.25) is 14.2 Å². The summed E-state index contributed by atoms with van der Waals surface area (Å²) in [5.41, 5.74) is 2.76. The fraction of sp³-hybridized carbons (Fsp3) is 0.270. The van der Waals surface area contributed by atoms with Crippen molar-refractivity contribution in [1.29, 1.82) is 0 Å². The monoisotopic (exact) mass is 652 g/mol. The van der Waals surface area contributed by atoms with Crippen LogP contribution in [0.3, 0.4) is 0 Å². The van der Waals surface area contributed by atoms with Crippen molar-refractivity contribution in [2.24, 2.45) is 0 Å². The molecule has 0 spiro atoms. The Labute approximate surface area is 276 Å². The van der Waals surface area contributed by atoms with Gasteiger partial charge in [-0.2, -0.15) is 0 Å². The normalized spacial score (nSPS) is 14.2. The van der Waals surface area contributed by atoms with E-state index < -0.39 is 17.2 Å². The second-order valence-corrected chi connectivity index (χ2v) is 12.2. The first-order chi connectivity index (χ1) is 23.2. The van der Waals surface area contributed by atoms with Crippen LogP contribution in [0.1, 0.15) is 58.6 Å². The van der Waals surface area contributed by atoms with Gasteiger partial charge in [0.2, 0.25) is 0 Å². The molecule has 0 amide bonds. The summed E-state index contributed by atoms with van der Waals surface area (Å²) in [5.74, 6) is -2.03. The number of carbonyl (C=O) groups excluding carboxylic acids is 1. The molecule has 1 aliphatic heterocycles. The Hall–Kier alpha value is -5.16. The van der Waals surface area contributed by atoms with E-state index >= 15 is 0 Å². The maximum Gasteiger partial charge on any atom is 0.264 e. The molecule has 0 atom stereocenters. The van der Waals surface area contributed by atoms with Crippen LogP contribution < -0.4 is 10.9 Å². The van der Waals surface area contributed by atoms with Crippen LogP contribution in [-0.2, 0) is 13.0 Å². The van der Waals surface area contributed by atoms with Crippen LogP contribution in [0.15, 0.2) is 84.2 Å². The van der Waals surface area contributed by atoms with E-state index in [1.165, 1.54) is 23.2 Å². The van der Waals surface area contributed by atoms with E-state index in [0.717, 1.165) is 60.1 Å². The molecule has 3 aromatic carbocycles. The molecule has 48 heavy (non-hydrogen) atoms. The maximum atomic E-state index is 14.9. The minimum atomic E-state index is -1.01. The highest BCUT2D eigenvalue weighted by molar-refractivity contribution is 5.95. The van der Waals surface area contributed by atoms with Gasteiger partial charge in [-0.15, -0.1) is 0 Å². The number of aromatic nitrogens is 4. The Kier molecular flexibility index (Phi) is 10.1. The lowest BCUT2D eigenvalue weighted by Gasteiger charge is -2.30. The molecule has 0 unspecified atom stereocenters. The predicted octanol–water partition coefficient (Wildman–Crippen LogP) is 6.43. The van der Waals surface area contributed by atoms with E-state index in [1.54, 1.807) is 18.3 Å². The number of halogens is 3. The molecule has 0 bridgehead atoms. The Morgan fingerprint density at radius 1 is 0.958 bits per heavy atom. The van der Waals surface area contributed by atoms with Crippen LogP contribution in [0.4, 0.5) is 18.9 Å². The first-order valence-corrected chi connectivity index (χ1v) is 15.9. The fourth-order valence-electron chi connectivity index (χ4n) is 5.78. The minimum absolute atomic E-state index is 0.0423. The van der Waals surface area contributed by atoms with Gasteiger partial charge >= 0.3 is 0 Å². The largest absolute Gasteiger partial charge is 0.380 e. The standard InChI is InChI=1S/C37H35F3N6O2/c1-45-14-12-28(13-15-45)43-34-11-8-25(17-32(34)40)19-36-42-20-27-16-24(7-10-33(27)44-36)4-2-3-5-35(47)29-21-41-23-46(37(29)48)22-26-6-9-30(38)31(39)18-26/h2,4,6-11,16-18,20-21,23,28,43H,3,5,12-15,19,22H2,1H3/b4-2+. The maximum absolute atomic E-state index is 14.9. The van der Waals surface area contributed by atoms with Crippen LogP contribution in [-0.4, -0.2) is 56.4 Å². The number of ketones is 1. The van der Waals surface area contributed by atoms with Crippen LogP contribution in [0.2, 0.25) is 0 Å². The third-order valence-electron chi connectivity index (χ3n) is 8.51. The molecule has 8 nitrogen and oxygen atoms in total. The molecule has 1 aliphatic rings. The number of carbonyl (C=O) groups is 1. The van der Waals surface area contributed by atoms with Crippen molar-refractivity contribution in [2.75, 3.05) is 25.5 Å². The summed E-state index contributed by atoms with van der Waals surface area (Å²) in [5, 5.41) is 4.19. The Morgan fingerprint density at radius 2 is 1.75 bits per heavy atom. The van der Waals surface area contributed by atoms with Crippen molar-refractivity contribution in [1.82, 2.24) is 24.4 Å². The van der Waals surface area contributed by atoms with Gasteiger partial charge in [0.15, 0.2) is 17.4 Å². The van der Waals surface area contributed by atoms with Crippen molar-refractivity contribution in [3.05, 3.63) is 135 Å². The summed E-state index contributed by atoms with van der Waals surface area (Å²) < 4.78 is 42.9. The zero-order valence-corrected chi connectivity index (χ0v) is 26.5. The number of likely N-dealkylation sites (tertiary alicyclic amines) is 1. The van der Waals surface area contributed by atoms with Crippen molar-refractivity contribution in [3.63, 3.8) is 0 Å². The second-order valence-electron chi connectivity index (χ2n) is 12.2. The number of fused-ring (bicyclic) bond motifs is 1. The van der Waals surface area contributed by atoms with Crippen molar-refractivity contribution in [3.8, 4) is 0 Å². The van der Waals surface area contributed by atoms with Crippen LogP contribution >= 0.6 is 0 Å². The average Bonchev–Trinajstić information content (AvgIpc) is 3.08. The molecule has 0 radical (unpaired) electrons. The minimum Gasteiger partial charge on any atom is -0.380 e. The summed E-state index contributed by atoms with van der Waals surface area (Å²) in [6.07, 6.45) is 10.9. The van der Waals surface area contributed by atoms with Gasteiger partial charge in [-0.1, -0.05) is 30.4 Å². The summed E-state index contributed by atoms with van der Waals surface area (Å²) in [6.45, 7) is 1.96. The molecule has 1 fully saturated rings. The Bertz CT molecular complexity index is 2040. The number of piperidine rings is 1. The zero-order valence-electron chi connectivity index (χ0n) is 26.5. The number of anilines is 1. The molecular weight excluding hydrogens is 617 g/mol. The van der Waals surface area contributed by atoms with Crippen molar-refractivity contribution >= 4 is 28.4 Å². The van der Waals surface area contributed by atoms with Gasteiger partial charge in [0.1, 0.15) is 17.2 Å². The number of allylic oxidation sites excluding steroid dienone is 1. The van der Waals surface area contributed by atoms with Gasteiger partial charge in [0.25, 0.3) is 5.56 Å². The van der Waals surface area contributed by atoms with Crippen molar-refractivity contribution < 1.29 is 18.0 Å².